The van der Waals surface area contributed by atoms with Crippen LogP contribution in [0.25, 0.3) is 0 Å². The third-order valence-corrected chi connectivity index (χ3v) is 4.26. The van der Waals surface area contributed by atoms with E-state index in [1.54, 1.807) is 6.21 Å². The van der Waals surface area contributed by atoms with E-state index in [0.29, 0.717) is 22.6 Å². The van der Waals surface area contributed by atoms with Gasteiger partial charge in [-0.15, -0.1) is 5.10 Å². The quantitative estimate of drug-likeness (QED) is 0.656. The van der Waals surface area contributed by atoms with Gasteiger partial charge >= 0.3 is 0 Å². The highest BCUT2D eigenvalue weighted by Gasteiger charge is 2.15. The predicted molar refractivity (Wildman–Crippen MR) is 97.9 cm³/mol. The van der Waals surface area contributed by atoms with Crippen molar-refractivity contribution in [1.82, 2.24) is 5.32 Å². The SMILES string of the molecule is O=C1CS/C(=N\N=C\c2ccc(OCc3ccc(Cl)cc3)cc2)N1. The highest BCUT2D eigenvalue weighted by Crippen LogP contribution is 2.15. The summed E-state index contributed by atoms with van der Waals surface area (Å²) in [6.45, 7) is 0.481. The number of nitrogens with one attached hydrogen (secondary N) is 1. The lowest BCUT2D eigenvalue weighted by molar-refractivity contribution is -0.116. The molecule has 1 aliphatic heterocycles. The third kappa shape index (κ3) is 4.84. The van der Waals surface area contributed by atoms with Crippen molar-refractivity contribution in [3.05, 3.63) is 64.7 Å². The lowest BCUT2D eigenvalue weighted by atomic mass is 10.2. The van der Waals surface area contributed by atoms with Crippen LogP contribution in [-0.2, 0) is 11.4 Å². The monoisotopic (exact) mass is 359 g/mol. The first-order valence-electron chi connectivity index (χ1n) is 7.20. The number of rotatable bonds is 5. The van der Waals surface area contributed by atoms with E-state index in [0.717, 1.165) is 16.9 Å². The molecule has 24 heavy (non-hydrogen) atoms. The number of carbonyl (C=O) groups excluding carboxylic acids is 1. The maximum Gasteiger partial charge on any atom is 0.236 e. The number of thioether (sulfide) groups is 1. The Morgan fingerprint density at radius 1 is 1.17 bits per heavy atom. The van der Waals surface area contributed by atoms with Gasteiger partial charge in [0.15, 0.2) is 5.17 Å². The van der Waals surface area contributed by atoms with Crippen LogP contribution in [0.2, 0.25) is 5.02 Å². The van der Waals surface area contributed by atoms with Crippen molar-refractivity contribution >= 4 is 40.7 Å². The molecule has 1 amide bonds. The molecule has 0 atom stereocenters. The molecule has 3 rings (SSSR count). The zero-order chi connectivity index (χ0) is 16.8. The van der Waals surface area contributed by atoms with Crippen LogP contribution in [0, 0.1) is 0 Å². The van der Waals surface area contributed by atoms with Gasteiger partial charge in [-0.05, 0) is 47.5 Å². The fraction of sp³-hybridized carbons (Fsp3) is 0.118. The number of benzene rings is 2. The second kappa shape index (κ2) is 7.99. The summed E-state index contributed by atoms with van der Waals surface area (Å²) < 4.78 is 5.72. The molecule has 0 spiro atoms. The molecule has 7 heteroatoms. The number of halogens is 1. The molecule has 122 valence electrons. The van der Waals surface area contributed by atoms with E-state index in [4.69, 9.17) is 16.3 Å². The Morgan fingerprint density at radius 2 is 1.92 bits per heavy atom. The minimum absolute atomic E-state index is 0.0452. The second-order valence-corrected chi connectivity index (χ2v) is 6.37. The first-order valence-corrected chi connectivity index (χ1v) is 8.56. The van der Waals surface area contributed by atoms with Gasteiger partial charge in [-0.2, -0.15) is 5.10 Å². The average Bonchev–Trinajstić information content (AvgIpc) is 3.01. The van der Waals surface area contributed by atoms with Crippen molar-refractivity contribution < 1.29 is 9.53 Å². The van der Waals surface area contributed by atoms with Gasteiger partial charge in [-0.3, -0.25) is 4.79 Å². The summed E-state index contributed by atoms with van der Waals surface area (Å²) in [7, 11) is 0. The molecule has 2 aromatic rings. The van der Waals surface area contributed by atoms with Crippen LogP contribution < -0.4 is 10.1 Å². The van der Waals surface area contributed by atoms with E-state index >= 15 is 0 Å². The number of amides is 1. The van der Waals surface area contributed by atoms with Crippen LogP contribution in [-0.4, -0.2) is 23.0 Å². The molecule has 5 nitrogen and oxygen atoms in total. The van der Waals surface area contributed by atoms with Gasteiger partial charge in [-0.1, -0.05) is 35.5 Å². The van der Waals surface area contributed by atoms with Gasteiger partial charge in [-0.25, -0.2) is 0 Å². The molecule has 1 N–H and O–H groups in total. The van der Waals surface area contributed by atoms with Crippen LogP contribution in [0.3, 0.4) is 0 Å². The topological polar surface area (TPSA) is 63.0 Å². The summed E-state index contributed by atoms with van der Waals surface area (Å²) in [5.41, 5.74) is 1.95. The maximum atomic E-state index is 11.0. The number of carbonyl (C=O) groups is 1. The summed E-state index contributed by atoms with van der Waals surface area (Å²) in [5.74, 6) is 1.12. The zero-order valence-electron chi connectivity index (χ0n) is 12.6. The Morgan fingerprint density at radius 3 is 2.58 bits per heavy atom. The van der Waals surface area contributed by atoms with Crippen LogP contribution in [0.15, 0.2) is 58.7 Å². The van der Waals surface area contributed by atoms with E-state index in [9.17, 15) is 4.79 Å². The van der Waals surface area contributed by atoms with Crippen molar-refractivity contribution in [3.63, 3.8) is 0 Å². The van der Waals surface area contributed by atoms with Gasteiger partial charge in [0, 0.05) is 5.02 Å². The molecule has 0 radical (unpaired) electrons. The number of nitrogens with zero attached hydrogens (tertiary/aromatic N) is 2. The minimum Gasteiger partial charge on any atom is -0.489 e. The van der Waals surface area contributed by atoms with Crippen molar-refractivity contribution in [1.29, 1.82) is 0 Å². The molecule has 0 bridgehead atoms. The average molecular weight is 360 g/mol. The number of hydrogen-bond acceptors (Lipinski definition) is 5. The first kappa shape index (κ1) is 16.5. The Labute approximate surface area is 148 Å². The van der Waals surface area contributed by atoms with Crippen molar-refractivity contribution in [2.45, 2.75) is 6.61 Å². The predicted octanol–water partition coefficient (Wildman–Crippen LogP) is 3.47. The van der Waals surface area contributed by atoms with Gasteiger partial charge in [0.2, 0.25) is 5.91 Å². The van der Waals surface area contributed by atoms with Crippen molar-refractivity contribution in [2.24, 2.45) is 10.2 Å². The Kier molecular flexibility index (Phi) is 5.51. The third-order valence-electron chi connectivity index (χ3n) is 3.14. The van der Waals surface area contributed by atoms with E-state index < -0.39 is 0 Å². The number of hydrogen-bond donors (Lipinski definition) is 1. The van der Waals surface area contributed by atoms with Crippen molar-refractivity contribution in [3.8, 4) is 5.75 Å². The van der Waals surface area contributed by atoms with Crippen LogP contribution >= 0.6 is 23.4 Å². The van der Waals surface area contributed by atoms with Gasteiger partial charge < -0.3 is 10.1 Å². The number of ether oxygens (including phenoxy) is 1. The van der Waals surface area contributed by atoms with E-state index in [1.165, 1.54) is 11.8 Å². The summed E-state index contributed by atoms with van der Waals surface area (Å²) in [5, 5.41) is 11.8. The molecule has 0 aliphatic carbocycles. The Bertz CT molecular complexity index is 773. The summed E-state index contributed by atoms with van der Waals surface area (Å²) in [4.78, 5) is 11.0. The molecule has 0 aromatic heterocycles. The molecule has 1 aliphatic rings. The molecular weight excluding hydrogens is 346 g/mol. The summed E-state index contributed by atoms with van der Waals surface area (Å²) in [6, 6.07) is 15.1. The van der Waals surface area contributed by atoms with Gasteiger partial charge in [0.05, 0.1) is 12.0 Å². The van der Waals surface area contributed by atoms with Gasteiger partial charge in [0.25, 0.3) is 0 Å². The van der Waals surface area contributed by atoms with Crippen molar-refractivity contribution in [2.75, 3.05) is 5.75 Å². The zero-order valence-corrected chi connectivity index (χ0v) is 14.2. The fourth-order valence-electron chi connectivity index (χ4n) is 1.92. The van der Waals surface area contributed by atoms with Crippen LogP contribution in [0.4, 0.5) is 0 Å². The molecular formula is C17H14ClN3O2S. The van der Waals surface area contributed by atoms with E-state index in [2.05, 4.69) is 15.5 Å². The largest absolute Gasteiger partial charge is 0.489 e. The Hall–Kier alpha value is -2.31. The second-order valence-electron chi connectivity index (χ2n) is 4.97. The maximum absolute atomic E-state index is 11.0. The van der Waals surface area contributed by atoms with Gasteiger partial charge in [0.1, 0.15) is 12.4 Å². The highest BCUT2D eigenvalue weighted by molar-refractivity contribution is 8.15. The normalized spacial score (nSPS) is 15.9. The van der Waals surface area contributed by atoms with Crippen LogP contribution in [0.5, 0.6) is 5.75 Å². The smallest absolute Gasteiger partial charge is 0.236 e. The molecule has 0 unspecified atom stereocenters. The summed E-state index contributed by atoms with van der Waals surface area (Å²) >= 11 is 7.19. The molecule has 2 aromatic carbocycles. The fourth-order valence-corrected chi connectivity index (χ4v) is 2.68. The summed E-state index contributed by atoms with van der Waals surface area (Å²) in [6.07, 6.45) is 1.63. The lowest BCUT2D eigenvalue weighted by Gasteiger charge is -2.06. The number of amidine groups is 1. The molecule has 1 saturated heterocycles. The standard InChI is InChI=1S/C17H14ClN3O2S/c18-14-5-1-13(2-6-14)10-23-15-7-3-12(4-8-15)9-19-21-17-20-16(22)11-24-17/h1-9H,10-11H2,(H,20,21,22)/b19-9+. The van der Waals surface area contributed by atoms with Crippen LogP contribution in [0.1, 0.15) is 11.1 Å². The molecule has 0 saturated carbocycles. The minimum atomic E-state index is -0.0452. The lowest BCUT2D eigenvalue weighted by Crippen LogP contribution is -2.19. The first-order chi connectivity index (χ1) is 11.7. The van der Waals surface area contributed by atoms with E-state index in [-0.39, 0.29) is 5.91 Å². The Balaban J connectivity index is 1.53. The molecule has 1 fully saturated rings. The van der Waals surface area contributed by atoms with E-state index in [1.807, 2.05) is 48.5 Å². The molecule has 1 heterocycles. The highest BCUT2D eigenvalue weighted by atomic mass is 35.5.